The molecule has 0 unspecified atom stereocenters. The minimum absolute atomic E-state index is 0.122. The Balaban J connectivity index is 3.86. The summed E-state index contributed by atoms with van der Waals surface area (Å²) >= 11 is 4.60. The van der Waals surface area contributed by atoms with Crippen molar-refractivity contribution >= 4 is 23.1 Å². The van der Waals surface area contributed by atoms with Crippen LogP contribution >= 0.6 is 12.2 Å². The van der Waals surface area contributed by atoms with Gasteiger partial charge in [-0.25, -0.2) is 5.43 Å². The molecule has 12 heavy (non-hydrogen) atoms. The van der Waals surface area contributed by atoms with Crippen LogP contribution in [0.1, 0.15) is 27.2 Å². The van der Waals surface area contributed by atoms with Crippen LogP contribution in [-0.4, -0.2) is 16.4 Å². The number of hydrazine groups is 1. The molecule has 5 heteroatoms. The van der Waals surface area contributed by atoms with Crippen LogP contribution in [0.4, 0.5) is 0 Å². The van der Waals surface area contributed by atoms with Crippen molar-refractivity contribution in [3.8, 4) is 0 Å². The molecule has 0 aliphatic carbocycles. The van der Waals surface area contributed by atoms with Gasteiger partial charge in [0.1, 0.15) is 5.78 Å². The molecule has 0 fully saturated rings. The number of hydrogen-bond acceptors (Lipinski definition) is 3. The van der Waals surface area contributed by atoms with E-state index < -0.39 is 0 Å². The molecule has 0 aliphatic rings. The SMILES string of the molecule is CC(=O)CC(C)(C)NNC(N)=S. The molecule has 0 aromatic rings. The van der Waals surface area contributed by atoms with E-state index in [4.69, 9.17) is 5.73 Å². The zero-order valence-corrected chi connectivity index (χ0v) is 8.42. The van der Waals surface area contributed by atoms with Crippen molar-refractivity contribution in [3.05, 3.63) is 0 Å². The fraction of sp³-hybridized carbons (Fsp3) is 0.714. The van der Waals surface area contributed by atoms with Gasteiger partial charge in [-0.2, -0.15) is 0 Å². The van der Waals surface area contributed by atoms with E-state index in [-0.39, 0.29) is 16.4 Å². The Hall–Kier alpha value is -0.680. The third-order valence-corrected chi connectivity index (χ3v) is 1.32. The number of thiocarbonyl (C=S) groups is 1. The van der Waals surface area contributed by atoms with E-state index in [1.807, 2.05) is 13.8 Å². The summed E-state index contributed by atoms with van der Waals surface area (Å²) in [4.78, 5) is 10.8. The zero-order chi connectivity index (χ0) is 9.78. The predicted molar refractivity (Wildman–Crippen MR) is 52.4 cm³/mol. The molecule has 0 saturated carbocycles. The summed E-state index contributed by atoms with van der Waals surface area (Å²) in [7, 11) is 0. The largest absolute Gasteiger partial charge is 0.375 e. The van der Waals surface area contributed by atoms with Gasteiger partial charge in [0.25, 0.3) is 0 Å². The second-order valence-corrected chi connectivity index (χ2v) is 3.82. The van der Waals surface area contributed by atoms with Crippen molar-refractivity contribution in [2.24, 2.45) is 5.73 Å². The first-order chi connectivity index (χ1) is 5.33. The van der Waals surface area contributed by atoms with Crippen molar-refractivity contribution in [1.29, 1.82) is 0 Å². The Bertz CT molecular complexity index is 191. The number of ketones is 1. The van der Waals surface area contributed by atoms with Crippen LogP contribution < -0.4 is 16.6 Å². The Morgan fingerprint density at radius 1 is 1.58 bits per heavy atom. The Kier molecular flexibility index (Phi) is 4.12. The quantitative estimate of drug-likeness (QED) is 0.432. The normalized spacial score (nSPS) is 10.9. The fourth-order valence-electron chi connectivity index (χ4n) is 0.897. The molecule has 0 spiro atoms. The van der Waals surface area contributed by atoms with E-state index in [1.165, 1.54) is 0 Å². The lowest BCUT2D eigenvalue weighted by Gasteiger charge is -2.25. The van der Waals surface area contributed by atoms with Crippen LogP contribution in [0.15, 0.2) is 0 Å². The van der Waals surface area contributed by atoms with E-state index >= 15 is 0 Å². The van der Waals surface area contributed by atoms with Crippen LogP contribution in [0.2, 0.25) is 0 Å². The summed E-state index contributed by atoms with van der Waals surface area (Å²) in [5, 5.41) is 0.173. The monoisotopic (exact) mass is 189 g/mol. The van der Waals surface area contributed by atoms with E-state index in [1.54, 1.807) is 6.92 Å². The highest BCUT2D eigenvalue weighted by atomic mass is 32.1. The first kappa shape index (κ1) is 11.3. The lowest BCUT2D eigenvalue weighted by atomic mass is 10.00. The molecule has 0 aromatic heterocycles. The summed E-state index contributed by atoms with van der Waals surface area (Å²) in [5.41, 5.74) is 10.3. The van der Waals surface area contributed by atoms with Gasteiger partial charge in [0.15, 0.2) is 5.11 Å². The molecule has 70 valence electrons. The fourth-order valence-corrected chi connectivity index (χ4v) is 0.948. The maximum atomic E-state index is 10.8. The molecule has 4 nitrogen and oxygen atoms in total. The van der Waals surface area contributed by atoms with Gasteiger partial charge in [-0.05, 0) is 33.0 Å². The van der Waals surface area contributed by atoms with E-state index in [2.05, 4.69) is 23.1 Å². The molecule has 0 amide bonds. The van der Waals surface area contributed by atoms with Gasteiger partial charge in [-0.1, -0.05) is 0 Å². The molecule has 0 aromatic carbocycles. The third-order valence-electron chi connectivity index (χ3n) is 1.21. The van der Waals surface area contributed by atoms with Crippen molar-refractivity contribution in [1.82, 2.24) is 10.9 Å². The number of carbonyl (C=O) groups is 1. The Labute approximate surface area is 77.9 Å². The summed E-state index contributed by atoms with van der Waals surface area (Å²) in [5.74, 6) is 0.122. The lowest BCUT2D eigenvalue weighted by Crippen LogP contribution is -2.52. The number of rotatable bonds is 4. The van der Waals surface area contributed by atoms with Gasteiger partial charge in [-0.3, -0.25) is 10.2 Å². The van der Waals surface area contributed by atoms with Crippen molar-refractivity contribution in [2.75, 3.05) is 0 Å². The highest BCUT2D eigenvalue weighted by Crippen LogP contribution is 2.06. The van der Waals surface area contributed by atoms with E-state index in [9.17, 15) is 4.79 Å². The van der Waals surface area contributed by atoms with Gasteiger partial charge in [0.2, 0.25) is 0 Å². The van der Waals surface area contributed by atoms with E-state index in [0.29, 0.717) is 6.42 Å². The number of Topliss-reactive ketones (excluding diaryl/α,β-unsaturated/α-hetero) is 1. The standard InChI is InChI=1S/C7H15N3OS/c1-5(11)4-7(2,3)10-9-6(8)12/h10H,4H2,1-3H3,(H3,8,9,12). The molecular weight excluding hydrogens is 174 g/mol. The van der Waals surface area contributed by atoms with Gasteiger partial charge in [-0.15, -0.1) is 0 Å². The molecular formula is C7H15N3OS. The highest BCUT2D eigenvalue weighted by molar-refractivity contribution is 7.80. The topological polar surface area (TPSA) is 67.2 Å². The number of nitrogens with two attached hydrogens (primary N) is 1. The minimum atomic E-state index is -0.324. The van der Waals surface area contributed by atoms with Crippen molar-refractivity contribution < 1.29 is 4.79 Å². The second kappa shape index (κ2) is 4.37. The molecule has 0 saturated heterocycles. The van der Waals surface area contributed by atoms with Crippen molar-refractivity contribution in [2.45, 2.75) is 32.7 Å². The smallest absolute Gasteiger partial charge is 0.178 e. The van der Waals surface area contributed by atoms with Gasteiger partial charge in [0.05, 0.1) is 0 Å². The average Bonchev–Trinajstić information content (AvgIpc) is 1.81. The lowest BCUT2D eigenvalue weighted by molar-refractivity contribution is -0.118. The van der Waals surface area contributed by atoms with Crippen LogP contribution in [0.5, 0.6) is 0 Å². The Morgan fingerprint density at radius 2 is 2.08 bits per heavy atom. The maximum Gasteiger partial charge on any atom is 0.178 e. The van der Waals surface area contributed by atoms with Crippen LogP contribution in [0.25, 0.3) is 0 Å². The predicted octanol–water partition coefficient (Wildman–Crippen LogP) is 0.0819. The first-order valence-corrected chi connectivity index (χ1v) is 4.06. The number of nitrogens with one attached hydrogen (secondary N) is 2. The van der Waals surface area contributed by atoms with Crippen molar-refractivity contribution in [3.63, 3.8) is 0 Å². The maximum absolute atomic E-state index is 10.8. The first-order valence-electron chi connectivity index (χ1n) is 3.65. The second-order valence-electron chi connectivity index (χ2n) is 3.38. The highest BCUT2D eigenvalue weighted by Gasteiger charge is 2.18. The van der Waals surface area contributed by atoms with Gasteiger partial charge >= 0.3 is 0 Å². The molecule has 4 N–H and O–H groups in total. The molecule has 0 atom stereocenters. The summed E-state index contributed by atoms with van der Waals surface area (Å²) in [6, 6.07) is 0. The third kappa shape index (κ3) is 6.06. The molecule has 0 bridgehead atoms. The summed E-state index contributed by atoms with van der Waals surface area (Å²) < 4.78 is 0. The summed E-state index contributed by atoms with van der Waals surface area (Å²) in [6.07, 6.45) is 0.433. The van der Waals surface area contributed by atoms with E-state index in [0.717, 1.165) is 0 Å². The molecule has 0 radical (unpaired) electrons. The molecule has 0 heterocycles. The number of carbonyl (C=O) groups excluding carboxylic acids is 1. The Morgan fingerprint density at radius 3 is 2.42 bits per heavy atom. The molecule has 0 aliphatic heterocycles. The minimum Gasteiger partial charge on any atom is -0.375 e. The molecule has 0 rings (SSSR count). The van der Waals surface area contributed by atoms with Gasteiger partial charge < -0.3 is 5.73 Å². The van der Waals surface area contributed by atoms with Crippen LogP contribution in [-0.2, 0) is 4.79 Å². The zero-order valence-electron chi connectivity index (χ0n) is 7.60. The van der Waals surface area contributed by atoms with Gasteiger partial charge in [0, 0.05) is 12.0 Å². The summed E-state index contributed by atoms with van der Waals surface area (Å²) in [6.45, 7) is 5.32. The van der Waals surface area contributed by atoms with Crippen LogP contribution in [0, 0.1) is 0 Å². The average molecular weight is 189 g/mol. The van der Waals surface area contributed by atoms with Crippen LogP contribution in [0.3, 0.4) is 0 Å². The number of hydrogen-bond donors (Lipinski definition) is 3.